The molecule has 0 N–H and O–H groups in total. The predicted octanol–water partition coefficient (Wildman–Crippen LogP) is 2.90. The van der Waals surface area contributed by atoms with Crippen LogP contribution in [0, 0.1) is 12.8 Å². The van der Waals surface area contributed by atoms with Crippen LogP contribution in [0.3, 0.4) is 0 Å². The summed E-state index contributed by atoms with van der Waals surface area (Å²) >= 11 is 0. The molecule has 0 radical (unpaired) electrons. The lowest BCUT2D eigenvalue weighted by Gasteiger charge is -2.57. The first-order chi connectivity index (χ1) is 9.05. The number of ether oxygens (including phenoxy) is 1. The molecule has 1 fully saturated rings. The third-order valence-corrected chi connectivity index (χ3v) is 5.20. The van der Waals surface area contributed by atoms with Gasteiger partial charge in [-0.15, -0.1) is 0 Å². The van der Waals surface area contributed by atoms with E-state index in [0.29, 0.717) is 0 Å². The first kappa shape index (κ1) is 15.5. The van der Waals surface area contributed by atoms with Crippen LogP contribution < -0.4 is 0 Å². The molecule has 1 saturated heterocycles. The van der Waals surface area contributed by atoms with Gasteiger partial charge in [0.1, 0.15) is 0 Å². The van der Waals surface area contributed by atoms with Crippen LogP contribution in [-0.2, 0) is 19.0 Å². The highest BCUT2D eigenvalue weighted by molar-refractivity contribution is 7.86. The lowest BCUT2D eigenvalue weighted by Crippen LogP contribution is -2.64. The quantitative estimate of drug-likeness (QED) is 0.802. The zero-order valence-corrected chi connectivity index (χ0v) is 13.5. The van der Waals surface area contributed by atoms with E-state index >= 15 is 0 Å². The van der Waals surface area contributed by atoms with Gasteiger partial charge in [0.2, 0.25) is 0 Å². The molecule has 4 nitrogen and oxygen atoms in total. The molecule has 0 unspecified atom stereocenters. The van der Waals surface area contributed by atoms with Gasteiger partial charge in [-0.05, 0) is 46.8 Å². The van der Waals surface area contributed by atoms with Crippen molar-refractivity contribution in [2.45, 2.75) is 50.7 Å². The summed E-state index contributed by atoms with van der Waals surface area (Å²) in [7, 11) is -3.70. The van der Waals surface area contributed by atoms with Crippen molar-refractivity contribution < 1.29 is 17.3 Å². The Morgan fingerprint density at radius 1 is 1.10 bits per heavy atom. The van der Waals surface area contributed by atoms with E-state index in [1.54, 1.807) is 24.3 Å². The van der Waals surface area contributed by atoms with Crippen LogP contribution in [0.1, 0.15) is 33.3 Å². The third-order valence-electron chi connectivity index (χ3n) is 3.90. The molecular weight excluding hydrogens is 276 g/mol. The van der Waals surface area contributed by atoms with Gasteiger partial charge in [-0.2, -0.15) is 8.42 Å². The van der Waals surface area contributed by atoms with Gasteiger partial charge in [-0.1, -0.05) is 17.7 Å². The molecule has 20 heavy (non-hydrogen) atoms. The van der Waals surface area contributed by atoms with E-state index in [0.717, 1.165) is 5.56 Å². The molecule has 0 atom stereocenters. The second-order valence-corrected chi connectivity index (χ2v) is 8.03. The maximum atomic E-state index is 12.1. The van der Waals surface area contributed by atoms with E-state index in [1.165, 1.54) is 0 Å². The molecule has 0 spiro atoms. The zero-order chi connectivity index (χ0) is 15.2. The Kier molecular flexibility index (Phi) is 3.73. The van der Waals surface area contributed by atoms with Gasteiger partial charge in [0, 0.05) is 5.92 Å². The highest BCUT2D eigenvalue weighted by Gasteiger charge is 2.55. The summed E-state index contributed by atoms with van der Waals surface area (Å²) in [5.74, 6) is 0.0372. The fraction of sp³-hybridized carbons (Fsp3) is 0.600. The van der Waals surface area contributed by atoms with Crippen molar-refractivity contribution in [2.75, 3.05) is 6.61 Å². The minimum absolute atomic E-state index is 0.0372. The summed E-state index contributed by atoms with van der Waals surface area (Å²) in [4.78, 5) is 0.193. The average Bonchev–Trinajstić information content (AvgIpc) is 2.26. The van der Waals surface area contributed by atoms with Crippen LogP contribution >= 0.6 is 0 Å². The lowest BCUT2D eigenvalue weighted by molar-refractivity contribution is -0.299. The molecule has 0 bridgehead atoms. The van der Waals surface area contributed by atoms with Gasteiger partial charge in [-0.3, -0.25) is 4.18 Å². The fourth-order valence-electron chi connectivity index (χ4n) is 2.93. The Morgan fingerprint density at radius 2 is 1.60 bits per heavy atom. The Morgan fingerprint density at radius 3 is 2.05 bits per heavy atom. The standard InChI is InChI=1S/C15H22O4S/c1-11-6-8-12(9-7-11)20(16,17)18-10-13-14(2,3)19-15(13,4)5/h6-9,13H,10H2,1-5H3. The van der Waals surface area contributed by atoms with Crippen molar-refractivity contribution in [3.63, 3.8) is 0 Å². The van der Waals surface area contributed by atoms with Crippen LogP contribution in [0.25, 0.3) is 0 Å². The smallest absolute Gasteiger partial charge is 0.296 e. The Hall–Kier alpha value is -0.910. The van der Waals surface area contributed by atoms with Crippen LogP contribution in [0.5, 0.6) is 0 Å². The maximum Gasteiger partial charge on any atom is 0.296 e. The molecule has 1 aromatic rings. The number of hydrogen-bond donors (Lipinski definition) is 0. The summed E-state index contributed by atoms with van der Waals surface area (Å²) in [6, 6.07) is 6.66. The monoisotopic (exact) mass is 298 g/mol. The Balaban J connectivity index is 2.08. The van der Waals surface area contributed by atoms with Gasteiger partial charge in [0.25, 0.3) is 10.1 Å². The summed E-state index contributed by atoms with van der Waals surface area (Å²) in [5, 5.41) is 0. The molecule has 0 amide bonds. The van der Waals surface area contributed by atoms with Crippen molar-refractivity contribution in [1.82, 2.24) is 0 Å². The molecule has 1 aliphatic rings. The lowest BCUT2D eigenvalue weighted by atomic mass is 9.72. The molecule has 0 saturated carbocycles. The molecular formula is C15H22O4S. The molecule has 2 rings (SSSR count). The minimum atomic E-state index is -3.70. The maximum absolute atomic E-state index is 12.1. The van der Waals surface area contributed by atoms with E-state index < -0.39 is 10.1 Å². The van der Waals surface area contributed by atoms with E-state index in [9.17, 15) is 8.42 Å². The van der Waals surface area contributed by atoms with E-state index in [1.807, 2.05) is 34.6 Å². The number of hydrogen-bond acceptors (Lipinski definition) is 4. The summed E-state index contributed by atoms with van der Waals surface area (Å²) in [5.41, 5.74) is 0.303. The van der Waals surface area contributed by atoms with E-state index in [4.69, 9.17) is 8.92 Å². The largest absolute Gasteiger partial charge is 0.369 e. The second-order valence-electron chi connectivity index (χ2n) is 6.41. The minimum Gasteiger partial charge on any atom is -0.369 e. The molecule has 5 heteroatoms. The van der Waals surface area contributed by atoms with Crippen molar-refractivity contribution >= 4 is 10.1 Å². The molecule has 0 aliphatic carbocycles. The Labute approximate surface area is 121 Å². The van der Waals surface area contributed by atoms with Crippen molar-refractivity contribution in [3.8, 4) is 0 Å². The molecule has 0 aromatic heterocycles. The summed E-state index contributed by atoms with van der Waals surface area (Å²) < 4.78 is 35.3. The van der Waals surface area contributed by atoms with Gasteiger partial charge >= 0.3 is 0 Å². The second kappa shape index (κ2) is 4.83. The van der Waals surface area contributed by atoms with Gasteiger partial charge in [0.15, 0.2) is 0 Å². The van der Waals surface area contributed by atoms with Gasteiger partial charge in [0.05, 0.1) is 22.7 Å². The van der Waals surface area contributed by atoms with Crippen molar-refractivity contribution in [2.24, 2.45) is 5.92 Å². The highest BCUT2D eigenvalue weighted by atomic mass is 32.2. The first-order valence-electron chi connectivity index (χ1n) is 6.71. The normalized spacial score (nSPS) is 21.4. The number of benzene rings is 1. The number of rotatable bonds is 4. The third kappa shape index (κ3) is 2.90. The van der Waals surface area contributed by atoms with Crippen molar-refractivity contribution in [1.29, 1.82) is 0 Å². The van der Waals surface area contributed by atoms with Crippen LogP contribution in [0.2, 0.25) is 0 Å². The SMILES string of the molecule is Cc1ccc(S(=O)(=O)OCC2C(C)(C)OC2(C)C)cc1. The van der Waals surface area contributed by atoms with Crippen molar-refractivity contribution in [3.05, 3.63) is 29.8 Å². The highest BCUT2D eigenvalue weighted by Crippen LogP contribution is 2.46. The van der Waals surface area contributed by atoms with Gasteiger partial charge in [-0.25, -0.2) is 0 Å². The number of aryl methyl sites for hydroxylation is 1. The Bertz CT molecular complexity index is 571. The van der Waals surface area contributed by atoms with Crippen LogP contribution in [0.15, 0.2) is 29.2 Å². The first-order valence-corrected chi connectivity index (χ1v) is 8.12. The topological polar surface area (TPSA) is 52.6 Å². The van der Waals surface area contributed by atoms with E-state index in [-0.39, 0.29) is 28.6 Å². The molecule has 1 heterocycles. The summed E-state index contributed by atoms with van der Waals surface area (Å²) in [6.07, 6.45) is 0. The fourth-order valence-corrected chi connectivity index (χ4v) is 3.85. The summed E-state index contributed by atoms with van der Waals surface area (Å²) in [6.45, 7) is 9.84. The zero-order valence-electron chi connectivity index (χ0n) is 12.6. The van der Waals surface area contributed by atoms with Crippen LogP contribution in [0.4, 0.5) is 0 Å². The molecule has 1 aliphatic heterocycles. The average molecular weight is 298 g/mol. The molecule has 1 aromatic carbocycles. The predicted molar refractivity (Wildman–Crippen MR) is 77.0 cm³/mol. The van der Waals surface area contributed by atoms with Gasteiger partial charge < -0.3 is 4.74 Å². The van der Waals surface area contributed by atoms with Crippen LogP contribution in [-0.4, -0.2) is 26.2 Å². The van der Waals surface area contributed by atoms with E-state index in [2.05, 4.69) is 0 Å². The molecule has 112 valence electrons.